The molecular formula is C13H26O2. The molecule has 2 aliphatic rings. The summed E-state index contributed by atoms with van der Waals surface area (Å²) in [6, 6.07) is 0. The predicted molar refractivity (Wildman–Crippen MR) is 63.2 cm³/mol. The summed E-state index contributed by atoms with van der Waals surface area (Å²) in [6.45, 7) is 7.28. The van der Waals surface area contributed by atoms with Crippen LogP contribution in [0.1, 0.15) is 58.8 Å². The average Bonchev–Trinajstić information content (AvgIpc) is 2.49. The fourth-order valence-electron chi connectivity index (χ4n) is 1.94. The molecule has 0 radical (unpaired) electrons. The molecule has 0 bridgehead atoms. The van der Waals surface area contributed by atoms with E-state index in [4.69, 9.17) is 9.47 Å². The maximum absolute atomic E-state index is 5.47. The van der Waals surface area contributed by atoms with E-state index in [2.05, 4.69) is 13.8 Å². The molecule has 2 rings (SSSR count). The molecule has 90 valence electrons. The second kappa shape index (κ2) is 7.24. The van der Waals surface area contributed by atoms with E-state index in [-0.39, 0.29) is 5.60 Å². The minimum Gasteiger partial charge on any atom is -0.381 e. The fourth-order valence-corrected chi connectivity index (χ4v) is 1.94. The minimum absolute atomic E-state index is 0.179. The molecule has 2 nitrogen and oxygen atoms in total. The highest BCUT2D eigenvalue weighted by Crippen LogP contribution is 2.22. The topological polar surface area (TPSA) is 18.5 Å². The van der Waals surface area contributed by atoms with Crippen molar-refractivity contribution in [2.24, 2.45) is 0 Å². The summed E-state index contributed by atoms with van der Waals surface area (Å²) in [7, 11) is 0. The Balaban J connectivity index is 0.000000151. The third kappa shape index (κ3) is 6.91. The number of hydrogen-bond acceptors (Lipinski definition) is 2. The molecule has 0 N–H and O–H groups in total. The minimum atomic E-state index is 0.179. The van der Waals surface area contributed by atoms with Crippen LogP contribution in [0.5, 0.6) is 0 Å². The van der Waals surface area contributed by atoms with Crippen LogP contribution >= 0.6 is 0 Å². The van der Waals surface area contributed by atoms with Crippen molar-refractivity contribution in [1.82, 2.24) is 0 Å². The van der Waals surface area contributed by atoms with Gasteiger partial charge in [0, 0.05) is 19.8 Å². The van der Waals surface area contributed by atoms with Gasteiger partial charge >= 0.3 is 0 Å². The van der Waals surface area contributed by atoms with Crippen molar-refractivity contribution >= 4 is 0 Å². The first-order chi connectivity index (χ1) is 7.21. The lowest BCUT2D eigenvalue weighted by Crippen LogP contribution is -2.28. The lowest BCUT2D eigenvalue weighted by molar-refractivity contribution is -0.0511. The quantitative estimate of drug-likeness (QED) is 0.614. The Morgan fingerprint density at radius 2 is 1.33 bits per heavy atom. The third-order valence-corrected chi connectivity index (χ3v) is 2.99. The smallest absolute Gasteiger partial charge is 0.0626 e. The van der Waals surface area contributed by atoms with E-state index < -0.39 is 0 Å². The van der Waals surface area contributed by atoms with Crippen molar-refractivity contribution < 1.29 is 9.47 Å². The highest BCUT2D eigenvalue weighted by atomic mass is 16.5. The summed E-state index contributed by atoms with van der Waals surface area (Å²) in [4.78, 5) is 0. The fraction of sp³-hybridized carbons (Fsp3) is 1.00. The summed E-state index contributed by atoms with van der Waals surface area (Å²) < 4.78 is 10.7. The normalized spacial score (nSPS) is 26.0. The second-order valence-electron chi connectivity index (χ2n) is 5.09. The molecule has 0 saturated carbocycles. The maximum Gasteiger partial charge on any atom is 0.0626 e. The van der Waals surface area contributed by atoms with Crippen molar-refractivity contribution in [3.8, 4) is 0 Å². The third-order valence-electron chi connectivity index (χ3n) is 2.99. The van der Waals surface area contributed by atoms with Gasteiger partial charge in [-0.1, -0.05) is 12.8 Å². The van der Waals surface area contributed by atoms with Gasteiger partial charge in [0.2, 0.25) is 0 Å². The van der Waals surface area contributed by atoms with Crippen LogP contribution in [0.4, 0.5) is 0 Å². The van der Waals surface area contributed by atoms with Gasteiger partial charge in [-0.2, -0.15) is 0 Å². The van der Waals surface area contributed by atoms with Crippen LogP contribution in [0.15, 0.2) is 0 Å². The van der Waals surface area contributed by atoms with Gasteiger partial charge in [0.05, 0.1) is 5.60 Å². The summed E-state index contributed by atoms with van der Waals surface area (Å²) in [5.41, 5.74) is 0.179. The van der Waals surface area contributed by atoms with Crippen molar-refractivity contribution in [2.45, 2.75) is 64.4 Å². The van der Waals surface area contributed by atoms with Crippen molar-refractivity contribution in [2.75, 3.05) is 19.8 Å². The van der Waals surface area contributed by atoms with E-state index in [1.165, 1.54) is 44.9 Å². The molecule has 2 heteroatoms. The summed E-state index contributed by atoms with van der Waals surface area (Å²) in [5, 5.41) is 0. The van der Waals surface area contributed by atoms with Crippen LogP contribution in [0, 0.1) is 0 Å². The van der Waals surface area contributed by atoms with Gasteiger partial charge in [-0.05, 0) is 46.0 Å². The highest BCUT2D eigenvalue weighted by molar-refractivity contribution is 4.71. The van der Waals surface area contributed by atoms with Crippen LogP contribution in [0.25, 0.3) is 0 Å². The highest BCUT2D eigenvalue weighted by Gasteiger charge is 2.20. The van der Waals surface area contributed by atoms with Gasteiger partial charge in [0.15, 0.2) is 0 Å². The molecular weight excluding hydrogens is 188 g/mol. The Labute approximate surface area is 94.3 Å². The molecule has 0 amide bonds. The molecule has 2 saturated heterocycles. The largest absolute Gasteiger partial charge is 0.381 e. The molecule has 0 atom stereocenters. The monoisotopic (exact) mass is 214 g/mol. The first-order valence-electron chi connectivity index (χ1n) is 6.42. The molecule has 0 unspecified atom stereocenters. The average molecular weight is 214 g/mol. The van der Waals surface area contributed by atoms with Crippen LogP contribution in [-0.2, 0) is 9.47 Å². The SMILES string of the molecule is C1CCCOCC1.CC1(C)CCCCO1. The van der Waals surface area contributed by atoms with Crippen molar-refractivity contribution in [3.63, 3.8) is 0 Å². The molecule has 0 spiro atoms. The first kappa shape index (κ1) is 13.0. The van der Waals surface area contributed by atoms with Crippen LogP contribution in [0.3, 0.4) is 0 Å². The van der Waals surface area contributed by atoms with Gasteiger partial charge in [0.25, 0.3) is 0 Å². The molecule has 2 heterocycles. The van der Waals surface area contributed by atoms with E-state index in [0.29, 0.717) is 0 Å². The molecule has 2 aliphatic heterocycles. The maximum atomic E-state index is 5.47. The van der Waals surface area contributed by atoms with Crippen LogP contribution in [-0.4, -0.2) is 25.4 Å². The van der Waals surface area contributed by atoms with Crippen LogP contribution < -0.4 is 0 Å². The van der Waals surface area contributed by atoms with Gasteiger partial charge in [0.1, 0.15) is 0 Å². The number of ether oxygens (including phenoxy) is 2. The van der Waals surface area contributed by atoms with E-state index in [0.717, 1.165) is 19.8 Å². The molecule has 15 heavy (non-hydrogen) atoms. The molecule has 0 aromatic carbocycles. The Morgan fingerprint density at radius 1 is 0.733 bits per heavy atom. The van der Waals surface area contributed by atoms with Crippen molar-refractivity contribution in [1.29, 1.82) is 0 Å². The zero-order valence-corrected chi connectivity index (χ0v) is 10.4. The lowest BCUT2D eigenvalue weighted by atomic mass is 9.99. The standard InChI is InChI=1S/C7H14O.C6H12O/c1-7(2)5-3-4-6-8-7;1-2-4-6-7-5-3-1/h3-6H2,1-2H3;1-6H2. The summed E-state index contributed by atoms with van der Waals surface area (Å²) in [6.07, 6.45) is 9.13. The predicted octanol–water partition coefficient (Wildman–Crippen LogP) is 3.54. The summed E-state index contributed by atoms with van der Waals surface area (Å²) in [5.74, 6) is 0. The summed E-state index contributed by atoms with van der Waals surface area (Å²) >= 11 is 0. The molecule has 0 aromatic heterocycles. The number of hydrogen-bond donors (Lipinski definition) is 0. The second-order valence-corrected chi connectivity index (χ2v) is 5.09. The lowest BCUT2D eigenvalue weighted by Gasteiger charge is -2.29. The molecule has 0 aromatic rings. The number of rotatable bonds is 0. The van der Waals surface area contributed by atoms with E-state index in [1.54, 1.807) is 0 Å². The Morgan fingerprint density at radius 3 is 1.73 bits per heavy atom. The van der Waals surface area contributed by atoms with Crippen LogP contribution in [0.2, 0.25) is 0 Å². The van der Waals surface area contributed by atoms with E-state index in [9.17, 15) is 0 Å². The molecule has 2 fully saturated rings. The zero-order valence-electron chi connectivity index (χ0n) is 10.4. The Kier molecular flexibility index (Phi) is 6.26. The van der Waals surface area contributed by atoms with Gasteiger partial charge in [-0.15, -0.1) is 0 Å². The van der Waals surface area contributed by atoms with Gasteiger partial charge in [-0.25, -0.2) is 0 Å². The Hall–Kier alpha value is -0.0800. The van der Waals surface area contributed by atoms with E-state index >= 15 is 0 Å². The zero-order chi connectivity index (χ0) is 11.0. The molecule has 0 aliphatic carbocycles. The Bertz CT molecular complexity index is 127. The van der Waals surface area contributed by atoms with Crippen molar-refractivity contribution in [3.05, 3.63) is 0 Å². The van der Waals surface area contributed by atoms with Gasteiger partial charge < -0.3 is 9.47 Å². The van der Waals surface area contributed by atoms with E-state index in [1.807, 2.05) is 0 Å². The van der Waals surface area contributed by atoms with Gasteiger partial charge in [-0.3, -0.25) is 0 Å². The first-order valence-corrected chi connectivity index (χ1v) is 6.42.